The van der Waals surface area contributed by atoms with Gasteiger partial charge in [-0.05, 0) is 55.3 Å². The predicted molar refractivity (Wildman–Crippen MR) is 69.3 cm³/mol. The lowest BCUT2D eigenvalue weighted by atomic mass is 9.63. The molecule has 0 spiro atoms. The number of halogens is 1. The van der Waals surface area contributed by atoms with E-state index < -0.39 is 6.17 Å². The minimum Gasteiger partial charge on any atom is -0.247 e. The predicted octanol–water partition coefficient (Wildman–Crippen LogP) is 5.22. The van der Waals surface area contributed by atoms with Crippen LogP contribution in [0.15, 0.2) is 0 Å². The van der Waals surface area contributed by atoms with Gasteiger partial charge in [0.05, 0.1) is 0 Å². The Morgan fingerprint density at radius 2 is 1.25 bits per heavy atom. The monoisotopic (exact) mass is 228 g/mol. The third-order valence-electron chi connectivity index (χ3n) is 5.03. The van der Waals surface area contributed by atoms with Gasteiger partial charge in [0.25, 0.3) is 0 Å². The molecule has 0 N–H and O–H groups in total. The maximum absolute atomic E-state index is 13.6. The van der Waals surface area contributed by atoms with E-state index in [0.29, 0.717) is 11.3 Å². The second kappa shape index (κ2) is 4.66. The minimum atomic E-state index is -0.691. The van der Waals surface area contributed by atoms with Gasteiger partial charge in [0.1, 0.15) is 6.17 Å². The summed E-state index contributed by atoms with van der Waals surface area (Å²) < 4.78 is 13.6. The Morgan fingerprint density at radius 3 is 1.56 bits per heavy atom. The van der Waals surface area contributed by atoms with Gasteiger partial charge in [0, 0.05) is 0 Å². The first-order valence-corrected chi connectivity index (χ1v) is 6.79. The van der Waals surface area contributed by atoms with Crippen LogP contribution in [0.25, 0.3) is 0 Å². The van der Waals surface area contributed by atoms with E-state index in [1.165, 1.54) is 25.7 Å². The summed E-state index contributed by atoms with van der Waals surface area (Å²) in [6.45, 7) is 12.9. The van der Waals surface area contributed by atoms with Crippen LogP contribution in [-0.4, -0.2) is 6.17 Å². The SMILES string of the molecule is CC(F)C(C)(C)C1CCC(C(C)(C)C)CC1. The topological polar surface area (TPSA) is 0 Å². The summed E-state index contributed by atoms with van der Waals surface area (Å²) in [6.07, 6.45) is 4.30. The van der Waals surface area contributed by atoms with Gasteiger partial charge in [-0.25, -0.2) is 4.39 Å². The molecule has 0 radical (unpaired) electrons. The van der Waals surface area contributed by atoms with Crippen molar-refractivity contribution >= 4 is 0 Å². The fourth-order valence-corrected chi connectivity index (χ4v) is 3.03. The smallest absolute Gasteiger partial charge is 0.103 e. The second-order valence-corrected chi connectivity index (χ2v) is 7.35. The van der Waals surface area contributed by atoms with E-state index in [4.69, 9.17) is 0 Å². The van der Waals surface area contributed by atoms with E-state index in [0.717, 1.165) is 5.92 Å². The highest BCUT2D eigenvalue weighted by atomic mass is 19.1. The zero-order chi connectivity index (χ0) is 12.6. The average Bonchev–Trinajstić information content (AvgIpc) is 2.16. The first-order valence-electron chi connectivity index (χ1n) is 6.79. The van der Waals surface area contributed by atoms with Crippen LogP contribution in [0, 0.1) is 22.7 Å². The van der Waals surface area contributed by atoms with Gasteiger partial charge in [-0.15, -0.1) is 0 Å². The zero-order valence-corrected chi connectivity index (χ0v) is 11.9. The van der Waals surface area contributed by atoms with E-state index in [2.05, 4.69) is 34.6 Å². The number of hydrogen-bond donors (Lipinski definition) is 0. The van der Waals surface area contributed by atoms with Crippen molar-refractivity contribution in [3.63, 3.8) is 0 Å². The van der Waals surface area contributed by atoms with Crippen LogP contribution in [0.1, 0.15) is 67.2 Å². The first-order chi connectivity index (χ1) is 7.15. The second-order valence-electron chi connectivity index (χ2n) is 7.35. The van der Waals surface area contributed by atoms with Crippen LogP contribution in [0.4, 0.5) is 4.39 Å². The standard InChI is InChI=1S/C15H29F/c1-11(16)15(5,6)13-9-7-12(8-10-13)14(2,3)4/h11-13H,7-10H2,1-6H3. The van der Waals surface area contributed by atoms with Crippen LogP contribution >= 0.6 is 0 Å². The molecule has 0 aromatic heterocycles. The van der Waals surface area contributed by atoms with E-state index in [1.807, 2.05) is 0 Å². The molecule has 1 unspecified atom stereocenters. The molecular weight excluding hydrogens is 199 g/mol. The Bertz CT molecular complexity index is 214. The molecule has 0 heterocycles. The molecule has 1 atom stereocenters. The zero-order valence-electron chi connectivity index (χ0n) is 11.9. The average molecular weight is 228 g/mol. The fraction of sp³-hybridized carbons (Fsp3) is 1.00. The molecule has 1 saturated carbocycles. The Morgan fingerprint density at radius 1 is 0.875 bits per heavy atom. The molecule has 0 aromatic carbocycles. The van der Waals surface area contributed by atoms with Gasteiger partial charge in [-0.3, -0.25) is 0 Å². The number of alkyl halides is 1. The van der Waals surface area contributed by atoms with Crippen LogP contribution in [0.2, 0.25) is 0 Å². The van der Waals surface area contributed by atoms with E-state index in [1.54, 1.807) is 6.92 Å². The maximum atomic E-state index is 13.6. The van der Waals surface area contributed by atoms with E-state index >= 15 is 0 Å². The van der Waals surface area contributed by atoms with Crippen molar-refractivity contribution in [3.8, 4) is 0 Å². The Balaban J connectivity index is 2.56. The molecule has 1 aliphatic carbocycles. The third-order valence-corrected chi connectivity index (χ3v) is 5.03. The normalized spacial score (nSPS) is 30.2. The van der Waals surface area contributed by atoms with E-state index in [9.17, 15) is 4.39 Å². The molecule has 1 heteroatoms. The summed E-state index contributed by atoms with van der Waals surface area (Å²) in [6, 6.07) is 0. The van der Waals surface area contributed by atoms with Gasteiger partial charge in [-0.1, -0.05) is 34.6 Å². The Hall–Kier alpha value is -0.0700. The highest BCUT2D eigenvalue weighted by molar-refractivity contribution is 4.89. The summed E-state index contributed by atoms with van der Waals surface area (Å²) in [5.41, 5.74) is 0.291. The van der Waals surface area contributed by atoms with Gasteiger partial charge in [0.2, 0.25) is 0 Å². The lowest BCUT2D eigenvalue weighted by molar-refractivity contribution is 0.0348. The third kappa shape index (κ3) is 2.99. The quantitative estimate of drug-likeness (QED) is 0.607. The van der Waals surface area contributed by atoms with Gasteiger partial charge >= 0.3 is 0 Å². The van der Waals surface area contributed by atoms with Crippen LogP contribution in [0.3, 0.4) is 0 Å². The molecule has 0 aliphatic heterocycles. The van der Waals surface area contributed by atoms with Crippen molar-refractivity contribution in [1.29, 1.82) is 0 Å². The summed E-state index contributed by atoms with van der Waals surface area (Å²) >= 11 is 0. The van der Waals surface area contributed by atoms with Crippen LogP contribution in [0.5, 0.6) is 0 Å². The minimum absolute atomic E-state index is 0.136. The van der Waals surface area contributed by atoms with E-state index in [-0.39, 0.29) is 5.41 Å². The summed E-state index contributed by atoms with van der Waals surface area (Å²) in [7, 11) is 0. The number of hydrogen-bond acceptors (Lipinski definition) is 0. The molecule has 1 aliphatic rings. The molecular formula is C15H29F. The van der Waals surface area contributed by atoms with Crippen LogP contribution in [-0.2, 0) is 0 Å². The molecule has 0 saturated heterocycles. The molecule has 0 aromatic rings. The molecule has 0 amide bonds. The summed E-state index contributed by atoms with van der Waals surface area (Å²) in [5.74, 6) is 1.40. The van der Waals surface area contributed by atoms with Crippen molar-refractivity contribution in [3.05, 3.63) is 0 Å². The highest BCUT2D eigenvalue weighted by Gasteiger charge is 2.39. The summed E-state index contributed by atoms with van der Waals surface area (Å²) in [5, 5.41) is 0. The van der Waals surface area contributed by atoms with Crippen molar-refractivity contribution < 1.29 is 4.39 Å². The fourth-order valence-electron chi connectivity index (χ4n) is 3.03. The van der Waals surface area contributed by atoms with Crippen molar-refractivity contribution in [2.75, 3.05) is 0 Å². The van der Waals surface area contributed by atoms with Gasteiger partial charge in [0.15, 0.2) is 0 Å². The van der Waals surface area contributed by atoms with Crippen molar-refractivity contribution in [1.82, 2.24) is 0 Å². The molecule has 1 fully saturated rings. The molecule has 96 valence electrons. The Kier molecular flexibility index (Phi) is 4.08. The largest absolute Gasteiger partial charge is 0.247 e. The first kappa shape index (κ1) is 14.0. The molecule has 16 heavy (non-hydrogen) atoms. The maximum Gasteiger partial charge on any atom is 0.103 e. The Labute approximate surface area is 101 Å². The highest BCUT2D eigenvalue weighted by Crippen LogP contribution is 2.47. The lowest BCUT2D eigenvalue weighted by Gasteiger charge is -2.43. The van der Waals surface area contributed by atoms with Crippen molar-refractivity contribution in [2.45, 2.75) is 73.4 Å². The lowest BCUT2D eigenvalue weighted by Crippen LogP contribution is -2.36. The van der Waals surface area contributed by atoms with Crippen LogP contribution < -0.4 is 0 Å². The molecule has 0 bridgehead atoms. The number of rotatable bonds is 2. The van der Waals surface area contributed by atoms with Gasteiger partial charge < -0.3 is 0 Å². The molecule has 1 rings (SSSR count). The molecule has 0 nitrogen and oxygen atoms in total. The van der Waals surface area contributed by atoms with Crippen molar-refractivity contribution in [2.24, 2.45) is 22.7 Å². The van der Waals surface area contributed by atoms with Gasteiger partial charge in [-0.2, -0.15) is 0 Å². The summed E-state index contributed by atoms with van der Waals surface area (Å²) in [4.78, 5) is 0.